The molecule has 0 spiro atoms. The van der Waals surface area contributed by atoms with Crippen LogP contribution in [0.5, 0.6) is 0 Å². The molecule has 0 radical (unpaired) electrons. The zero-order chi connectivity index (χ0) is 31.6. The van der Waals surface area contributed by atoms with Crippen molar-refractivity contribution in [1.29, 1.82) is 0 Å². The number of aliphatic carboxylic acids is 1. The Morgan fingerprint density at radius 2 is 1.56 bits per heavy atom. The molecule has 1 aliphatic carbocycles. The molecule has 3 amide bonds. The molecule has 1 aliphatic rings. The predicted octanol–water partition coefficient (Wildman–Crippen LogP) is 5.61. The number of hydrogen-bond acceptors (Lipinski definition) is 5. The first-order chi connectivity index (χ1) is 20.3. The Balaban J connectivity index is 1.73. The van der Waals surface area contributed by atoms with E-state index in [1.54, 1.807) is 36.4 Å². The lowest BCUT2D eigenvalue weighted by Crippen LogP contribution is -2.45. The van der Waals surface area contributed by atoms with E-state index in [1.165, 1.54) is 12.1 Å². The van der Waals surface area contributed by atoms with Crippen LogP contribution in [0, 0.1) is 11.3 Å². The van der Waals surface area contributed by atoms with E-state index < -0.39 is 16.0 Å². The minimum atomic E-state index is -3.62. The maximum atomic E-state index is 13.7. The molecule has 0 unspecified atom stereocenters. The highest BCUT2D eigenvalue weighted by molar-refractivity contribution is 7.89. The molecule has 3 rings (SSSR count). The zero-order valence-corrected chi connectivity index (χ0v) is 26.5. The minimum absolute atomic E-state index is 0.0278. The van der Waals surface area contributed by atoms with Crippen LogP contribution in [0.3, 0.4) is 0 Å². The molecule has 0 saturated heterocycles. The quantitative estimate of drug-likeness (QED) is 0.216. The Labute approximate surface area is 255 Å². The average Bonchev–Trinajstić information content (AvgIpc) is 2.96. The highest BCUT2D eigenvalue weighted by Crippen LogP contribution is 2.39. The number of benzene rings is 2. The summed E-state index contributed by atoms with van der Waals surface area (Å²) < 4.78 is 27.7. The summed E-state index contributed by atoms with van der Waals surface area (Å²) in [7, 11) is -3.62. The summed E-state index contributed by atoms with van der Waals surface area (Å²) in [5, 5.41) is 14.3. The number of nitrogens with one attached hydrogen (secondary N) is 3. The molecule has 1 fully saturated rings. The molecular formula is C32H46N4O6S. The second-order valence-electron chi connectivity index (χ2n) is 12.3. The lowest BCUT2D eigenvalue weighted by atomic mass is 9.71. The third-order valence-corrected chi connectivity index (χ3v) is 9.53. The number of anilines is 1. The van der Waals surface area contributed by atoms with Crippen LogP contribution >= 0.6 is 0 Å². The molecule has 2 aromatic carbocycles. The van der Waals surface area contributed by atoms with Crippen molar-refractivity contribution in [3.05, 3.63) is 59.7 Å². The van der Waals surface area contributed by atoms with Crippen LogP contribution in [0.15, 0.2) is 53.4 Å². The average molecular weight is 615 g/mol. The van der Waals surface area contributed by atoms with Crippen molar-refractivity contribution >= 4 is 33.6 Å². The third kappa shape index (κ3) is 10.4. The van der Waals surface area contributed by atoms with E-state index >= 15 is 0 Å². The van der Waals surface area contributed by atoms with Gasteiger partial charge >= 0.3 is 12.0 Å². The number of sulfonamides is 1. The van der Waals surface area contributed by atoms with Crippen molar-refractivity contribution in [3.63, 3.8) is 0 Å². The van der Waals surface area contributed by atoms with Crippen molar-refractivity contribution < 1.29 is 27.9 Å². The van der Waals surface area contributed by atoms with E-state index in [0.29, 0.717) is 30.3 Å². The standard InChI is InChI=1S/C32H46N4O6S/c1-5-6-20-34-43(41,42)28-17-13-26(14-18-28)35-31(40)36(27-15-11-25(12-16-27)32(2,3)4)22-23-7-9-24(10-8-23)30(39)33-21-19-29(37)38/h7-10,13-14,17-18,25,27,34H,5-6,11-12,15-16,19-22H2,1-4H3,(H,33,39)(H,35,40)(H,37,38). The SMILES string of the molecule is CCCCNS(=O)(=O)c1ccc(NC(=O)N(Cc2ccc(C(=O)NCCC(=O)O)cc2)C2CCC(C(C)(C)C)CC2)cc1. The lowest BCUT2D eigenvalue weighted by molar-refractivity contribution is -0.136. The summed E-state index contributed by atoms with van der Waals surface area (Å²) in [5.74, 6) is -0.757. The van der Waals surface area contributed by atoms with Gasteiger partial charge in [-0.05, 0) is 85.4 Å². The second-order valence-corrected chi connectivity index (χ2v) is 14.1. The van der Waals surface area contributed by atoms with E-state index in [4.69, 9.17) is 5.11 Å². The summed E-state index contributed by atoms with van der Waals surface area (Å²) in [4.78, 5) is 38.7. The van der Waals surface area contributed by atoms with Crippen molar-refractivity contribution in [2.75, 3.05) is 18.4 Å². The van der Waals surface area contributed by atoms with Crippen LogP contribution in [0.1, 0.15) is 88.6 Å². The fourth-order valence-corrected chi connectivity index (χ4v) is 6.42. The molecule has 10 nitrogen and oxygen atoms in total. The molecule has 11 heteroatoms. The van der Waals surface area contributed by atoms with Gasteiger partial charge in [-0.25, -0.2) is 17.9 Å². The van der Waals surface area contributed by atoms with Gasteiger partial charge < -0.3 is 20.6 Å². The molecule has 1 saturated carbocycles. The fraction of sp³-hybridized carbons (Fsp3) is 0.531. The first-order valence-corrected chi connectivity index (χ1v) is 16.5. The van der Waals surface area contributed by atoms with Crippen LogP contribution < -0.4 is 15.4 Å². The normalized spacial score (nSPS) is 17.2. The van der Waals surface area contributed by atoms with Crippen LogP contribution in [-0.4, -0.2) is 55.5 Å². The number of urea groups is 1. The molecule has 0 aliphatic heterocycles. The highest BCUT2D eigenvalue weighted by Gasteiger charge is 2.33. The first-order valence-electron chi connectivity index (χ1n) is 15.1. The van der Waals surface area contributed by atoms with Crippen molar-refractivity contribution in [2.45, 2.75) is 90.1 Å². The van der Waals surface area contributed by atoms with E-state index in [-0.39, 0.29) is 41.3 Å². The van der Waals surface area contributed by atoms with Gasteiger partial charge in [0.25, 0.3) is 5.91 Å². The number of carbonyl (C=O) groups is 3. The van der Waals surface area contributed by atoms with Gasteiger partial charge in [0.05, 0.1) is 11.3 Å². The summed E-state index contributed by atoms with van der Waals surface area (Å²) in [5.41, 5.74) is 1.97. The van der Waals surface area contributed by atoms with Crippen molar-refractivity contribution in [3.8, 4) is 0 Å². The number of nitrogens with zero attached hydrogens (tertiary/aromatic N) is 1. The maximum absolute atomic E-state index is 13.7. The largest absolute Gasteiger partial charge is 0.481 e. The second kappa shape index (κ2) is 15.3. The van der Waals surface area contributed by atoms with Crippen LogP contribution in [0.25, 0.3) is 0 Å². The molecule has 43 heavy (non-hydrogen) atoms. The Morgan fingerprint density at radius 3 is 2.12 bits per heavy atom. The van der Waals surface area contributed by atoms with Gasteiger partial charge in [0.15, 0.2) is 0 Å². The monoisotopic (exact) mass is 614 g/mol. The number of carboxylic acids is 1. The molecule has 0 aromatic heterocycles. The van der Waals surface area contributed by atoms with Gasteiger partial charge in [-0.1, -0.05) is 46.2 Å². The summed E-state index contributed by atoms with van der Waals surface area (Å²) in [6.07, 6.45) is 5.27. The number of rotatable bonds is 13. The Hall–Kier alpha value is -3.44. The van der Waals surface area contributed by atoms with E-state index in [0.717, 1.165) is 44.1 Å². The minimum Gasteiger partial charge on any atom is -0.481 e. The van der Waals surface area contributed by atoms with Crippen LogP contribution in [0.2, 0.25) is 0 Å². The highest BCUT2D eigenvalue weighted by atomic mass is 32.2. The number of amides is 3. The third-order valence-electron chi connectivity index (χ3n) is 8.05. The first kappa shape index (κ1) is 34.1. The molecular weight excluding hydrogens is 568 g/mol. The Kier molecular flexibility index (Phi) is 12.1. The van der Waals surface area contributed by atoms with Crippen LogP contribution in [0.4, 0.5) is 10.5 Å². The smallest absolute Gasteiger partial charge is 0.322 e. The summed E-state index contributed by atoms with van der Waals surface area (Å²) in [6, 6.07) is 12.9. The molecule has 0 bridgehead atoms. The molecule has 2 aromatic rings. The molecule has 4 N–H and O–H groups in total. The number of hydrogen-bond donors (Lipinski definition) is 4. The number of unbranched alkanes of at least 4 members (excludes halogenated alkanes) is 1. The van der Waals surface area contributed by atoms with Crippen molar-refractivity contribution in [1.82, 2.24) is 14.9 Å². The Bertz CT molecular complexity index is 1330. The van der Waals surface area contributed by atoms with Crippen molar-refractivity contribution in [2.24, 2.45) is 11.3 Å². The maximum Gasteiger partial charge on any atom is 0.322 e. The van der Waals surface area contributed by atoms with Gasteiger partial charge in [0.1, 0.15) is 0 Å². The van der Waals surface area contributed by atoms with Gasteiger partial charge in [-0.3, -0.25) is 9.59 Å². The van der Waals surface area contributed by atoms with E-state index in [9.17, 15) is 22.8 Å². The summed E-state index contributed by atoms with van der Waals surface area (Å²) >= 11 is 0. The number of carbonyl (C=O) groups excluding carboxylic acids is 2. The molecule has 0 heterocycles. The number of carboxylic acid groups (broad SMARTS) is 1. The van der Waals surface area contributed by atoms with Crippen LogP contribution in [-0.2, 0) is 21.4 Å². The molecule has 236 valence electrons. The van der Waals surface area contributed by atoms with Gasteiger partial charge in [-0.15, -0.1) is 0 Å². The molecule has 0 atom stereocenters. The van der Waals surface area contributed by atoms with Gasteiger partial charge in [-0.2, -0.15) is 0 Å². The lowest BCUT2D eigenvalue weighted by Gasteiger charge is -2.41. The van der Waals surface area contributed by atoms with Gasteiger partial charge in [0.2, 0.25) is 10.0 Å². The predicted molar refractivity (Wildman–Crippen MR) is 167 cm³/mol. The van der Waals surface area contributed by atoms with E-state index in [2.05, 4.69) is 36.1 Å². The van der Waals surface area contributed by atoms with E-state index in [1.807, 2.05) is 11.8 Å². The fourth-order valence-electron chi connectivity index (χ4n) is 5.34. The topological polar surface area (TPSA) is 145 Å². The Morgan fingerprint density at radius 1 is 0.930 bits per heavy atom. The summed E-state index contributed by atoms with van der Waals surface area (Å²) in [6.45, 7) is 9.52. The zero-order valence-electron chi connectivity index (χ0n) is 25.7. The van der Waals surface area contributed by atoms with Gasteiger partial charge in [0, 0.05) is 36.9 Å².